The Morgan fingerprint density at radius 1 is 1.56 bits per heavy atom. The predicted octanol–water partition coefficient (Wildman–Crippen LogP) is 3.11. The molecule has 3 nitrogen and oxygen atoms in total. The molecule has 18 heavy (non-hydrogen) atoms. The van der Waals surface area contributed by atoms with Crippen molar-refractivity contribution in [2.75, 3.05) is 11.6 Å². The number of benzene rings is 1. The van der Waals surface area contributed by atoms with E-state index in [4.69, 9.17) is 16.9 Å². The minimum Gasteiger partial charge on any atom is -0.224 e. The smallest absolute Gasteiger partial charge is 0.181 e. The van der Waals surface area contributed by atoms with Gasteiger partial charge in [0.1, 0.15) is 11.0 Å². The molecule has 0 saturated carbocycles. The summed E-state index contributed by atoms with van der Waals surface area (Å²) in [5, 5.41) is 8.71. The summed E-state index contributed by atoms with van der Waals surface area (Å²) in [5.74, 6) is -1.26. The van der Waals surface area contributed by atoms with Crippen molar-refractivity contribution in [1.29, 1.82) is 5.26 Å². The molecule has 0 amide bonds. The third-order valence-electron chi connectivity index (χ3n) is 2.27. The molecule has 0 fully saturated rings. The highest BCUT2D eigenvalue weighted by atomic mass is 79.9. The number of nitriles is 1. The summed E-state index contributed by atoms with van der Waals surface area (Å²) >= 11 is 8.43. The lowest BCUT2D eigenvalue weighted by molar-refractivity contribution is 0.556. The van der Waals surface area contributed by atoms with E-state index < -0.39 is 20.5 Å². The molecule has 0 aliphatic rings. The molecule has 0 radical (unpaired) electrons. The zero-order valence-corrected chi connectivity index (χ0v) is 12.6. The van der Waals surface area contributed by atoms with Crippen LogP contribution in [-0.2, 0) is 9.84 Å². The van der Waals surface area contributed by atoms with E-state index in [2.05, 4.69) is 15.9 Å². The van der Waals surface area contributed by atoms with E-state index >= 15 is 0 Å². The number of halogens is 3. The Hall–Kier alpha value is -0.640. The standard InChI is InChI=1S/C11H10BrClFNO2S/c1-7(4-13)6-18(16,17)9-3-2-8(5-15)10(12)11(9)14/h2-3,7H,4,6H2,1H3. The van der Waals surface area contributed by atoms with Gasteiger partial charge in [-0.15, -0.1) is 11.6 Å². The van der Waals surface area contributed by atoms with Gasteiger partial charge >= 0.3 is 0 Å². The van der Waals surface area contributed by atoms with Crippen LogP contribution >= 0.6 is 27.5 Å². The Morgan fingerprint density at radius 3 is 2.67 bits per heavy atom. The molecule has 0 saturated heterocycles. The largest absolute Gasteiger partial charge is 0.224 e. The maximum atomic E-state index is 13.9. The van der Waals surface area contributed by atoms with E-state index in [-0.39, 0.29) is 27.6 Å². The minimum atomic E-state index is -3.75. The van der Waals surface area contributed by atoms with Gasteiger partial charge in [0.25, 0.3) is 0 Å². The van der Waals surface area contributed by atoms with Gasteiger partial charge in [-0.25, -0.2) is 12.8 Å². The van der Waals surface area contributed by atoms with Gasteiger partial charge in [0.05, 0.1) is 15.8 Å². The molecule has 98 valence electrons. The molecule has 0 heterocycles. The van der Waals surface area contributed by atoms with Crippen LogP contribution in [0.1, 0.15) is 12.5 Å². The topological polar surface area (TPSA) is 57.9 Å². The second kappa shape index (κ2) is 6.00. The first-order chi connectivity index (χ1) is 8.33. The van der Waals surface area contributed by atoms with Crippen LogP contribution in [0.15, 0.2) is 21.5 Å². The maximum absolute atomic E-state index is 13.9. The van der Waals surface area contributed by atoms with Gasteiger partial charge in [-0.2, -0.15) is 5.26 Å². The molecule has 1 atom stereocenters. The minimum absolute atomic E-state index is 0.0526. The lowest BCUT2D eigenvalue weighted by atomic mass is 10.2. The maximum Gasteiger partial charge on any atom is 0.181 e. The van der Waals surface area contributed by atoms with E-state index in [1.165, 1.54) is 6.07 Å². The molecule has 0 aliphatic carbocycles. The fourth-order valence-corrected chi connectivity index (χ4v) is 3.87. The van der Waals surface area contributed by atoms with Crippen LogP contribution in [-0.4, -0.2) is 20.1 Å². The number of alkyl halides is 1. The Morgan fingerprint density at radius 2 is 2.17 bits per heavy atom. The van der Waals surface area contributed by atoms with Crippen LogP contribution in [0.4, 0.5) is 4.39 Å². The van der Waals surface area contributed by atoms with Crippen LogP contribution in [0.25, 0.3) is 0 Å². The SMILES string of the molecule is CC(CCl)CS(=O)(=O)c1ccc(C#N)c(Br)c1F. The quantitative estimate of drug-likeness (QED) is 0.781. The van der Waals surface area contributed by atoms with Crippen molar-refractivity contribution in [3.05, 3.63) is 28.0 Å². The van der Waals surface area contributed by atoms with Crippen LogP contribution in [0.5, 0.6) is 0 Å². The molecule has 0 spiro atoms. The number of rotatable bonds is 4. The molecule has 0 aliphatic heterocycles. The Labute approximate surface area is 119 Å². The lowest BCUT2D eigenvalue weighted by Crippen LogP contribution is -2.16. The second-order valence-electron chi connectivity index (χ2n) is 3.89. The van der Waals surface area contributed by atoms with Gasteiger partial charge in [-0.05, 0) is 34.0 Å². The molecule has 0 bridgehead atoms. The molecule has 1 aromatic carbocycles. The summed E-state index contributed by atoms with van der Waals surface area (Å²) in [7, 11) is -3.75. The average molecular weight is 355 g/mol. The van der Waals surface area contributed by atoms with Crippen molar-refractivity contribution < 1.29 is 12.8 Å². The average Bonchev–Trinajstić information content (AvgIpc) is 2.31. The van der Waals surface area contributed by atoms with Crippen LogP contribution in [0.3, 0.4) is 0 Å². The second-order valence-corrected chi connectivity index (χ2v) is 7.00. The Kier molecular flexibility index (Phi) is 5.14. The van der Waals surface area contributed by atoms with E-state index in [1.807, 2.05) is 0 Å². The Bertz CT molecular complexity index is 598. The van der Waals surface area contributed by atoms with Gasteiger partial charge < -0.3 is 0 Å². The third kappa shape index (κ3) is 3.22. The molecular formula is C11H10BrClFNO2S. The number of hydrogen-bond acceptors (Lipinski definition) is 3. The number of hydrogen-bond donors (Lipinski definition) is 0. The van der Waals surface area contributed by atoms with Crippen molar-refractivity contribution in [3.63, 3.8) is 0 Å². The van der Waals surface area contributed by atoms with Gasteiger partial charge in [0.15, 0.2) is 15.7 Å². The zero-order valence-electron chi connectivity index (χ0n) is 9.45. The normalized spacial score (nSPS) is 13.1. The first kappa shape index (κ1) is 15.4. The van der Waals surface area contributed by atoms with E-state index in [0.29, 0.717) is 0 Å². The summed E-state index contributed by atoms with van der Waals surface area (Å²) in [6, 6.07) is 4.14. The van der Waals surface area contributed by atoms with Crippen molar-refractivity contribution in [2.45, 2.75) is 11.8 Å². The third-order valence-corrected chi connectivity index (χ3v) is 5.57. The monoisotopic (exact) mass is 353 g/mol. The summed E-state index contributed by atoms with van der Waals surface area (Å²) in [6.07, 6.45) is 0. The van der Waals surface area contributed by atoms with Crippen LogP contribution in [0, 0.1) is 23.1 Å². The van der Waals surface area contributed by atoms with Crippen molar-refractivity contribution in [2.24, 2.45) is 5.92 Å². The van der Waals surface area contributed by atoms with E-state index in [0.717, 1.165) is 6.07 Å². The molecule has 1 rings (SSSR count). The van der Waals surface area contributed by atoms with E-state index in [1.54, 1.807) is 13.0 Å². The van der Waals surface area contributed by atoms with Crippen LogP contribution in [0.2, 0.25) is 0 Å². The van der Waals surface area contributed by atoms with Gasteiger partial charge in [-0.1, -0.05) is 6.92 Å². The molecule has 7 heteroatoms. The van der Waals surface area contributed by atoms with Crippen molar-refractivity contribution in [1.82, 2.24) is 0 Å². The summed E-state index contributed by atoms with van der Waals surface area (Å²) in [5.41, 5.74) is 0.0526. The highest BCUT2D eigenvalue weighted by molar-refractivity contribution is 9.10. The number of sulfone groups is 1. The Balaban J connectivity index is 3.27. The lowest BCUT2D eigenvalue weighted by Gasteiger charge is -2.10. The number of nitrogens with zero attached hydrogens (tertiary/aromatic N) is 1. The summed E-state index contributed by atoms with van der Waals surface area (Å²) < 4.78 is 37.7. The highest BCUT2D eigenvalue weighted by Crippen LogP contribution is 2.27. The molecule has 1 unspecified atom stereocenters. The predicted molar refractivity (Wildman–Crippen MR) is 70.8 cm³/mol. The molecule has 0 N–H and O–H groups in total. The highest BCUT2D eigenvalue weighted by Gasteiger charge is 2.24. The fourth-order valence-electron chi connectivity index (χ4n) is 1.37. The molecular weight excluding hydrogens is 345 g/mol. The first-order valence-corrected chi connectivity index (χ1v) is 7.98. The summed E-state index contributed by atoms with van der Waals surface area (Å²) in [6.45, 7) is 1.67. The van der Waals surface area contributed by atoms with Crippen LogP contribution < -0.4 is 0 Å². The van der Waals surface area contributed by atoms with Crippen molar-refractivity contribution in [3.8, 4) is 6.07 Å². The zero-order chi connectivity index (χ0) is 13.9. The first-order valence-electron chi connectivity index (χ1n) is 5.00. The fraction of sp³-hybridized carbons (Fsp3) is 0.364. The summed E-state index contributed by atoms with van der Waals surface area (Å²) in [4.78, 5) is -0.412. The van der Waals surface area contributed by atoms with Crippen molar-refractivity contribution >= 4 is 37.4 Å². The molecule has 0 aromatic heterocycles. The van der Waals surface area contributed by atoms with Gasteiger partial charge in [-0.3, -0.25) is 0 Å². The molecule has 1 aromatic rings. The van der Waals surface area contributed by atoms with E-state index in [9.17, 15) is 12.8 Å². The van der Waals surface area contributed by atoms with Gasteiger partial charge in [0.2, 0.25) is 0 Å². The van der Waals surface area contributed by atoms with Gasteiger partial charge in [0, 0.05) is 5.88 Å².